The van der Waals surface area contributed by atoms with Crippen LogP contribution in [0.5, 0.6) is 11.6 Å². The summed E-state index contributed by atoms with van der Waals surface area (Å²) in [4.78, 5) is 14.2. The van der Waals surface area contributed by atoms with Gasteiger partial charge in [0, 0.05) is 31.8 Å². The molecule has 0 bridgehead atoms. The Bertz CT molecular complexity index is 1220. The van der Waals surface area contributed by atoms with Crippen LogP contribution in [0.1, 0.15) is 13.8 Å². The second kappa shape index (κ2) is 17.6. The van der Waals surface area contributed by atoms with E-state index in [0.717, 1.165) is 7.11 Å². The van der Waals surface area contributed by atoms with Gasteiger partial charge in [0.05, 0.1) is 22.0 Å². The Labute approximate surface area is 231 Å². The molecule has 37 heavy (non-hydrogen) atoms. The fourth-order valence-electron chi connectivity index (χ4n) is 2.50. The summed E-state index contributed by atoms with van der Waals surface area (Å²) in [6.07, 6.45) is 8.19. The molecule has 0 aliphatic heterocycles. The molecule has 1 unspecified atom stereocenters. The van der Waals surface area contributed by atoms with Gasteiger partial charge in [0.1, 0.15) is 22.6 Å². The van der Waals surface area contributed by atoms with Crippen LogP contribution >= 0.6 is 34.8 Å². The summed E-state index contributed by atoms with van der Waals surface area (Å²) >= 11 is 17.0. The van der Waals surface area contributed by atoms with Crippen LogP contribution in [0.4, 0.5) is 5.69 Å². The van der Waals surface area contributed by atoms with Crippen LogP contribution in [0.15, 0.2) is 77.2 Å². The van der Waals surface area contributed by atoms with Crippen molar-refractivity contribution in [2.45, 2.75) is 24.1 Å². The number of allylic oxidation sites excluding steroid dienone is 4. The van der Waals surface area contributed by atoms with Crippen LogP contribution in [0.2, 0.25) is 5.02 Å². The molecule has 0 saturated carbocycles. The molecule has 0 radical (unpaired) electrons. The average molecular weight is 597 g/mol. The molecule has 0 saturated heterocycles. The van der Waals surface area contributed by atoms with Crippen molar-refractivity contribution in [3.63, 3.8) is 0 Å². The summed E-state index contributed by atoms with van der Waals surface area (Å²) in [5.41, 5.74) is 0.00361. The van der Waals surface area contributed by atoms with E-state index in [4.69, 9.17) is 37.8 Å². The normalized spacial score (nSPS) is 13.9. The summed E-state index contributed by atoms with van der Waals surface area (Å²) in [5.74, 6) is 0.425. The lowest BCUT2D eigenvalue weighted by atomic mass is 10.3. The maximum atomic E-state index is 12.7. The van der Waals surface area contributed by atoms with Crippen LogP contribution in [0.3, 0.4) is 0 Å². The number of hydrogen-bond donors (Lipinski definition) is 2. The highest BCUT2D eigenvalue weighted by molar-refractivity contribution is 7.92. The van der Waals surface area contributed by atoms with E-state index in [9.17, 15) is 18.5 Å². The lowest BCUT2D eigenvalue weighted by Crippen LogP contribution is -2.14. The van der Waals surface area contributed by atoms with Crippen molar-refractivity contribution in [2.75, 3.05) is 25.3 Å². The zero-order valence-corrected chi connectivity index (χ0v) is 23.8. The van der Waals surface area contributed by atoms with Crippen molar-refractivity contribution in [3.8, 4) is 11.6 Å². The molecule has 10 nitrogen and oxygen atoms in total. The van der Waals surface area contributed by atoms with Gasteiger partial charge in [0.15, 0.2) is 0 Å². The Hall–Kier alpha value is -2.83. The minimum atomic E-state index is -4.00. The highest BCUT2D eigenvalue weighted by Crippen LogP contribution is 2.32. The molecule has 3 rings (SSSR count). The molecule has 14 heteroatoms. The Morgan fingerprint density at radius 3 is 2.38 bits per heavy atom. The molecule has 1 aromatic heterocycles. The number of benzene rings is 1. The van der Waals surface area contributed by atoms with Gasteiger partial charge in [-0.05, 0) is 36.4 Å². The van der Waals surface area contributed by atoms with Gasteiger partial charge in [-0.3, -0.25) is 14.8 Å². The highest BCUT2D eigenvalue weighted by Gasteiger charge is 2.21. The zero-order chi connectivity index (χ0) is 28.6. The molecule has 1 aliphatic rings. The highest BCUT2D eigenvalue weighted by atomic mass is 35.5. The van der Waals surface area contributed by atoms with Crippen molar-refractivity contribution >= 4 is 50.5 Å². The second-order valence-electron chi connectivity index (χ2n) is 6.04. The molecule has 2 N–H and O–H groups in total. The largest absolute Gasteiger partial charge is 0.480 e. The number of halogens is 3. The van der Waals surface area contributed by atoms with E-state index in [1.807, 2.05) is 13.8 Å². The second-order valence-corrected chi connectivity index (χ2v) is 8.60. The maximum absolute atomic E-state index is 12.7. The molecule has 204 valence electrons. The van der Waals surface area contributed by atoms with Crippen LogP contribution in [-0.2, 0) is 10.0 Å². The Balaban J connectivity index is 0.00000201. The molecule has 0 amide bonds. The van der Waals surface area contributed by atoms with Crippen molar-refractivity contribution in [3.05, 3.63) is 87.4 Å². The third-order valence-corrected chi connectivity index (χ3v) is 6.01. The van der Waals surface area contributed by atoms with E-state index in [-0.39, 0.29) is 38.7 Å². The van der Waals surface area contributed by atoms with E-state index in [0.29, 0.717) is 0 Å². The molecule has 0 spiro atoms. The van der Waals surface area contributed by atoms with Crippen LogP contribution in [0, 0.1) is 10.1 Å². The minimum Gasteiger partial charge on any atom is -0.480 e. The SMILES string of the molecule is CC.CCl.CO.COc1ncccc1NS(=O)(=O)c1ccc(OC2=CC=C([N+](=O)[O-])C=CC2Cl)c(Cl)c1. The van der Waals surface area contributed by atoms with Gasteiger partial charge in [-0.1, -0.05) is 31.5 Å². The van der Waals surface area contributed by atoms with E-state index >= 15 is 0 Å². The van der Waals surface area contributed by atoms with Gasteiger partial charge < -0.3 is 14.6 Å². The number of pyridine rings is 1. The van der Waals surface area contributed by atoms with Gasteiger partial charge in [-0.25, -0.2) is 13.4 Å². The lowest BCUT2D eigenvalue weighted by Gasteiger charge is -2.14. The molecule has 0 fully saturated rings. The standard InChI is InChI=1S/C19H15Cl2N3O6S.C2H6.CH3Cl.CH4O/c1-29-19-16(3-2-10-22-19)23-31(27,28)13-6-9-18(15(21)11-13)30-17-8-5-12(24(25)26)4-7-14(17)20;3*1-2/h2-11,14,23H,1H3;1-2H3;1H3;2H,1H3. The summed E-state index contributed by atoms with van der Waals surface area (Å²) in [7, 11) is -1.63. The number of ether oxygens (including phenoxy) is 2. The number of hydrogen-bond acceptors (Lipinski definition) is 8. The predicted molar refractivity (Wildman–Crippen MR) is 147 cm³/mol. The fraction of sp³-hybridized carbons (Fsp3) is 0.261. The number of rotatable bonds is 7. The number of aliphatic hydroxyl groups is 1. The number of anilines is 1. The van der Waals surface area contributed by atoms with Crippen LogP contribution in [0.25, 0.3) is 0 Å². The smallest absolute Gasteiger partial charge is 0.269 e. The van der Waals surface area contributed by atoms with E-state index in [2.05, 4.69) is 21.3 Å². The average Bonchev–Trinajstić information content (AvgIpc) is 3.10. The molecule has 2 aromatic rings. The van der Waals surface area contributed by atoms with Crippen molar-refractivity contribution in [1.82, 2.24) is 4.98 Å². The third kappa shape index (κ3) is 10.2. The van der Waals surface area contributed by atoms with Gasteiger partial charge in [-0.2, -0.15) is 0 Å². The first-order chi connectivity index (χ1) is 17.7. The monoisotopic (exact) mass is 595 g/mol. The summed E-state index contributed by atoms with van der Waals surface area (Å²) in [5, 5.41) is 17.1. The number of sulfonamides is 1. The first-order valence-corrected chi connectivity index (χ1v) is 13.5. The molecule has 1 aliphatic carbocycles. The number of nitro groups is 1. The number of aromatic nitrogens is 1. The van der Waals surface area contributed by atoms with E-state index in [1.165, 1.54) is 68.3 Å². The molecule has 1 heterocycles. The van der Waals surface area contributed by atoms with Crippen molar-refractivity contribution in [1.29, 1.82) is 0 Å². The zero-order valence-electron chi connectivity index (χ0n) is 20.7. The minimum absolute atomic E-state index is 0.00232. The van der Waals surface area contributed by atoms with Crippen LogP contribution < -0.4 is 14.2 Å². The topological polar surface area (TPSA) is 141 Å². The fourth-order valence-corrected chi connectivity index (χ4v) is 4.05. The van der Waals surface area contributed by atoms with Crippen molar-refractivity contribution in [2.24, 2.45) is 0 Å². The van der Waals surface area contributed by atoms with Gasteiger partial charge in [0.2, 0.25) is 5.88 Å². The van der Waals surface area contributed by atoms with Crippen molar-refractivity contribution < 1.29 is 27.9 Å². The quantitative estimate of drug-likeness (QED) is 0.238. The first-order valence-electron chi connectivity index (χ1n) is 10.4. The maximum Gasteiger partial charge on any atom is 0.269 e. The van der Waals surface area contributed by atoms with Gasteiger partial charge in [-0.15, -0.1) is 23.2 Å². The number of methoxy groups -OCH3 is 1. The lowest BCUT2D eigenvalue weighted by molar-refractivity contribution is -0.419. The Morgan fingerprint density at radius 1 is 1.16 bits per heavy atom. The van der Waals surface area contributed by atoms with Crippen LogP contribution in [-0.4, -0.2) is 49.4 Å². The molecule has 1 aromatic carbocycles. The summed E-state index contributed by atoms with van der Waals surface area (Å²) in [6, 6.07) is 6.91. The van der Waals surface area contributed by atoms with E-state index < -0.39 is 20.3 Å². The van der Waals surface area contributed by atoms with Gasteiger partial charge >= 0.3 is 0 Å². The Morgan fingerprint density at radius 2 is 1.81 bits per heavy atom. The number of aliphatic hydroxyl groups excluding tert-OH is 1. The molecule has 1 atom stereocenters. The predicted octanol–water partition coefficient (Wildman–Crippen LogP) is 5.63. The molecular formula is C23H28Cl3N3O7S. The third-order valence-electron chi connectivity index (χ3n) is 3.99. The number of alkyl halides is 2. The number of nitrogens with one attached hydrogen (secondary N) is 1. The number of nitrogens with zero attached hydrogens (tertiary/aromatic N) is 2. The summed E-state index contributed by atoms with van der Waals surface area (Å²) < 4.78 is 38.5. The molecular weight excluding hydrogens is 569 g/mol. The first kappa shape index (κ1) is 34.2. The summed E-state index contributed by atoms with van der Waals surface area (Å²) in [6.45, 7) is 4.00. The van der Waals surface area contributed by atoms with Gasteiger partial charge in [0.25, 0.3) is 15.7 Å². The van der Waals surface area contributed by atoms with E-state index in [1.54, 1.807) is 6.07 Å². The Kier molecular flexibility index (Phi) is 16.2.